The molecule has 3 aromatic carbocycles. The van der Waals surface area contributed by atoms with Crippen molar-refractivity contribution in [1.82, 2.24) is 14.7 Å². The van der Waals surface area contributed by atoms with E-state index < -0.39 is 5.91 Å². The van der Waals surface area contributed by atoms with E-state index in [0.29, 0.717) is 42.2 Å². The summed E-state index contributed by atoms with van der Waals surface area (Å²) in [5, 5.41) is 14.4. The predicted molar refractivity (Wildman–Crippen MR) is 152 cm³/mol. The van der Waals surface area contributed by atoms with Gasteiger partial charge in [0.1, 0.15) is 11.4 Å². The number of hydrogen-bond acceptors (Lipinski definition) is 6. The Labute approximate surface area is 232 Å². The number of likely N-dealkylation sites (tertiary alicyclic amines) is 1. The Morgan fingerprint density at radius 3 is 2.42 bits per heavy atom. The minimum Gasteiger partial charge on any atom is -0.497 e. The number of aromatic nitrogens is 2. The summed E-state index contributed by atoms with van der Waals surface area (Å²) in [6.45, 7) is 2.77. The van der Waals surface area contributed by atoms with Crippen molar-refractivity contribution in [3.05, 3.63) is 95.3 Å². The summed E-state index contributed by atoms with van der Waals surface area (Å²) in [6.07, 6.45) is 1.01. The number of ether oxygens (including phenoxy) is 1. The van der Waals surface area contributed by atoms with Gasteiger partial charge in [0, 0.05) is 37.4 Å². The van der Waals surface area contributed by atoms with Gasteiger partial charge in [0.25, 0.3) is 11.8 Å². The lowest BCUT2D eigenvalue weighted by Crippen LogP contribution is -2.39. The van der Waals surface area contributed by atoms with Gasteiger partial charge >= 0.3 is 0 Å². The Morgan fingerprint density at radius 2 is 1.75 bits per heavy atom. The van der Waals surface area contributed by atoms with Crippen molar-refractivity contribution in [3.63, 3.8) is 0 Å². The average Bonchev–Trinajstić information content (AvgIpc) is 3.57. The van der Waals surface area contributed by atoms with Crippen molar-refractivity contribution < 1.29 is 19.4 Å². The second-order valence-corrected chi connectivity index (χ2v) is 10.2. The highest BCUT2D eigenvalue weighted by Gasteiger charge is 2.34. The second kappa shape index (κ2) is 10.6. The third-order valence-corrected chi connectivity index (χ3v) is 7.72. The van der Waals surface area contributed by atoms with Gasteiger partial charge in [-0.15, -0.1) is 0 Å². The van der Waals surface area contributed by atoms with Gasteiger partial charge in [-0.2, -0.15) is 5.10 Å². The fourth-order valence-corrected chi connectivity index (χ4v) is 5.67. The third kappa shape index (κ3) is 4.74. The highest BCUT2D eigenvalue weighted by atomic mass is 16.5. The number of anilines is 1. The number of nitrogens with zero attached hydrogens (tertiary/aromatic N) is 4. The van der Waals surface area contributed by atoms with Crippen LogP contribution in [0.3, 0.4) is 0 Å². The predicted octanol–water partition coefficient (Wildman–Crippen LogP) is 3.42. The van der Waals surface area contributed by atoms with Gasteiger partial charge in [-0.25, -0.2) is 4.68 Å². The molecule has 1 fully saturated rings. The number of primary amides is 1. The van der Waals surface area contributed by atoms with Crippen molar-refractivity contribution in [2.45, 2.75) is 25.5 Å². The molecule has 2 aliphatic rings. The first-order chi connectivity index (χ1) is 19.4. The van der Waals surface area contributed by atoms with Gasteiger partial charge in [-0.3, -0.25) is 14.5 Å². The van der Waals surface area contributed by atoms with Crippen molar-refractivity contribution >= 4 is 17.5 Å². The number of methoxy groups -OCH3 is 1. The maximum Gasteiger partial charge on any atom is 0.277 e. The number of carbonyl (C=O) groups excluding carboxylic acids is 2. The summed E-state index contributed by atoms with van der Waals surface area (Å²) >= 11 is 0. The summed E-state index contributed by atoms with van der Waals surface area (Å²) in [5.41, 5.74) is 11.5. The number of aliphatic hydroxyl groups excluding tert-OH is 1. The van der Waals surface area contributed by atoms with Crippen molar-refractivity contribution in [2.75, 3.05) is 31.6 Å². The van der Waals surface area contributed by atoms with Crippen LogP contribution in [0.4, 0.5) is 5.69 Å². The van der Waals surface area contributed by atoms with Crippen molar-refractivity contribution in [3.8, 4) is 22.6 Å². The van der Waals surface area contributed by atoms with E-state index >= 15 is 0 Å². The summed E-state index contributed by atoms with van der Waals surface area (Å²) in [5.74, 6) is -0.221. The van der Waals surface area contributed by atoms with Crippen LogP contribution in [0.25, 0.3) is 16.8 Å². The van der Waals surface area contributed by atoms with Gasteiger partial charge in [-0.1, -0.05) is 36.4 Å². The van der Waals surface area contributed by atoms with Crippen LogP contribution >= 0.6 is 0 Å². The molecule has 1 aromatic heterocycles. The topological polar surface area (TPSA) is 114 Å². The molecule has 0 bridgehead atoms. The van der Waals surface area contributed by atoms with Crippen LogP contribution < -0.4 is 15.4 Å². The van der Waals surface area contributed by atoms with Gasteiger partial charge in [0.15, 0.2) is 5.69 Å². The van der Waals surface area contributed by atoms with Crippen molar-refractivity contribution in [1.29, 1.82) is 0 Å². The Balaban J connectivity index is 1.30. The van der Waals surface area contributed by atoms with Crippen LogP contribution in [0.5, 0.6) is 5.75 Å². The molecule has 1 atom stereocenters. The molecule has 0 aliphatic carbocycles. The molecule has 40 heavy (non-hydrogen) atoms. The number of β-amino-alcohol motifs (C(OH)–C–C–N with tert-alkyl or cyclic N) is 1. The first-order valence-electron chi connectivity index (χ1n) is 13.4. The summed E-state index contributed by atoms with van der Waals surface area (Å²) in [4.78, 5) is 30.0. The molecule has 1 saturated heterocycles. The van der Waals surface area contributed by atoms with Crippen LogP contribution in [0.15, 0.2) is 72.8 Å². The Bertz CT molecular complexity index is 1560. The maximum atomic E-state index is 13.9. The fourth-order valence-electron chi connectivity index (χ4n) is 5.67. The monoisotopic (exact) mass is 537 g/mol. The molecule has 3 heterocycles. The van der Waals surface area contributed by atoms with Crippen LogP contribution in [0, 0.1) is 0 Å². The number of hydrogen-bond donors (Lipinski definition) is 2. The number of aliphatic hydroxyl groups is 1. The molecular formula is C31H31N5O4. The number of carbonyl (C=O) groups is 2. The van der Waals surface area contributed by atoms with Gasteiger partial charge in [0.2, 0.25) is 0 Å². The summed E-state index contributed by atoms with van der Waals surface area (Å²) in [7, 11) is 1.58. The summed E-state index contributed by atoms with van der Waals surface area (Å²) < 4.78 is 6.76. The molecule has 4 aromatic rings. The van der Waals surface area contributed by atoms with Crippen LogP contribution in [0.1, 0.15) is 38.5 Å². The number of amides is 2. The highest BCUT2D eigenvalue weighted by Crippen LogP contribution is 2.32. The first-order valence-corrected chi connectivity index (χ1v) is 13.4. The number of benzene rings is 3. The third-order valence-electron chi connectivity index (χ3n) is 7.72. The molecule has 6 rings (SSSR count). The lowest BCUT2D eigenvalue weighted by Gasteiger charge is -2.28. The fraction of sp³-hybridized carbons (Fsp3) is 0.258. The number of nitrogens with two attached hydrogens (primary N) is 1. The van der Waals surface area contributed by atoms with E-state index in [1.54, 1.807) is 36.3 Å². The van der Waals surface area contributed by atoms with E-state index in [-0.39, 0.29) is 17.7 Å². The zero-order chi connectivity index (χ0) is 27.8. The molecule has 9 heteroatoms. The molecule has 2 aliphatic heterocycles. The standard InChI is InChI=1S/C31H31N5O4/c1-40-25-12-10-23(11-13-25)36-29-27(28(33-36)30(32)38)15-17-35(31(29)39)22-8-6-20(7-9-22)26-5-3-2-4-21(26)18-34-16-14-24(37)19-34/h2-13,24,37H,14-19H2,1H3,(H2,32,38)/t24-/m0/s1. The minimum absolute atomic E-state index is 0.122. The van der Waals surface area contributed by atoms with Gasteiger partial charge in [-0.05, 0) is 65.9 Å². The average molecular weight is 538 g/mol. The maximum absolute atomic E-state index is 13.9. The molecule has 0 spiro atoms. The molecule has 0 saturated carbocycles. The highest BCUT2D eigenvalue weighted by molar-refractivity contribution is 6.09. The van der Waals surface area contributed by atoms with E-state index in [1.165, 1.54) is 10.2 Å². The van der Waals surface area contributed by atoms with E-state index in [9.17, 15) is 14.7 Å². The summed E-state index contributed by atoms with van der Waals surface area (Å²) in [6, 6.07) is 23.4. The van der Waals surface area contributed by atoms with Gasteiger partial charge in [0.05, 0.1) is 18.9 Å². The molecule has 9 nitrogen and oxygen atoms in total. The lowest BCUT2D eigenvalue weighted by atomic mass is 9.98. The number of fused-ring (bicyclic) bond motifs is 1. The molecular weight excluding hydrogens is 506 g/mol. The normalized spacial score (nSPS) is 17.2. The van der Waals surface area contributed by atoms with Crippen LogP contribution in [0.2, 0.25) is 0 Å². The zero-order valence-corrected chi connectivity index (χ0v) is 22.3. The molecule has 3 N–H and O–H groups in total. The van der Waals surface area contributed by atoms with Gasteiger partial charge < -0.3 is 20.5 Å². The largest absolute Gasteiger partial charge is 0.497 e. The first kappa shape index (κ1) is 25.8. The van der Waals surface area contributed by atoms with Crippen LogP contribution in [-0.2, 0) is 13.0 Å². The van der Waals surface area contributed by atoms with E-state index in [4.69, 9.17) is 10.5 Å². The quantitative estimate of drug-likeness (QED) is 0.374. The second-order valence-electron chi connectivity index (χ2n) is 10.2. The van der Waals surface area contributed by atoms with Crippen molar-refractivity contribution in [2.24, 2.45) is 5.73 Å². The molecule has 204 valence electrons. The Hall–Kier alpha value is -4.47. The smallest absolute Gasteiger partial charge is 0.277 e. The molecule has 0 unspecified atom stereocenters. The molecule has 2 amide bonds. The zero-order valence-electron chi connectivity index (χ0n) is 22.3. The Kier molecular flexibility index (Phi) is 6.83. The molecule has 0 radical (unpaired) electrons. The lowest BCUT2D eigenvalue weighted by molar-refractivity contribution is 0.0972. The van der Waals surface area contributed by atoms with E-state index in [2.05, 4.69) is 22.1 Å². The van der Waals surface area contributed by atoms with Crippen LogP contribution in [-0.4, -0.2) is 64.4 Å². The minimum atomic E-state index is -0.656. The Morgan fingerprint density at radius 1 is 1.02 bits per heavy atom. The SMILES string of the molecule is COc1ccc(-n2nc(C(N)=O)c3c2C(=O)N(c2ccc(-c4ccccc4CN4CC[C@H](O)C4)cc2)CC3)cc1. The number of rotatable bonds is 7. The van der Waals surface area contributed by atoms with E-state index in [0.717, 1.165) is 36.3 Å². The van der Waals surface area contributed by atoms with E-state index in [1.807, 2.05) is 36.4 Å².